The summed E-state index contributed by atoms with van der Waals surface area (Å²) in [5.74, 6) is 7.97. The maximum atomic E-state index is 5.70. The normalized spacial score (nSPS) is 35.6. The molecule has 2 unspecified atom stereocenters. The third kappa shape index (κ3) is 2.10. The Labute approximate surface area is 91.4 Å². The van der Waals surface area contributed by atoms with E-state index in [-0.39, 0.29) is 0 Å². The van der Waals surface area contributed by atoms with Crippen LogP contribution in [0.15, 0.2) is 0 Å². The highest BCUT2D eigenvalue weighted by Gasteiger charge is 2.39. The van der Waals surface area contributed by atoms with Crippen molar-refractivity contribution in [2.24, 2.45) is 11.8 Å². The Morgan fingerprint density at radius 1 is 1.50 bits per heavy atom. The number of hydrazine groups is 1. The molecular weight excluding hydrogens is 192 g/mol. The Hall–Kier alpha value is 0.270. The summed E-state index contributed by atoms with van der Waals surface area (Å²) >= 11 is 2.11. The lowest BCUT2D eigenvalue weighted by molar-refractivity contribution is 0.238. The van der Waals surface area contributed by atoms with E-state index in [0.29, 0.717) is 10.8 Å². The summed E-state index contributed by atoms with van der Waals surface area (Å²) in [5.41, 5.74) is 3.06. The molecule has 0 aromatic heterocycles. The van der Waals surface area contributed by atoms with Gasteiger partial charge in [-0.25, -0.2) is 0 Å². The minimum absolute atomic E-state index is 0.407. The average Bonchev–Trinajstić information content (AvgIpc) is 2.51. The Balaban J connectivity index is 1.89. The van der Waals surface area contributed by atoms with Crippen LogP contribution in [0.25, 0.3) is 0 Å². The van der Waals surface area contributed by atoms with E-state index in [4.69, 9.17) is 5.84 Å². The zero-order chi connectivity index (χ0) is 10.0. The molecule has 1 aliphatic heterocycles. The molecule has 3 heteroatoms. The van der Waals surface area contributed by atoms with Crippen LogP contribution in [-0.4, -0.2) is 16.5 Å². The maximum absolute atomic E-state index is 5.70. The largest absolute Gasteiger partial charge is 0.271 e. The monoisotopic (exact) mass is 214 g/mol. The van der Waals surface area contributed by atoms with Crippen LogP contribution >= 0.6 is 11.8 Å². The van der Waals surface area contributed by atoms with Crippen molar-refractivity contribution in [3.8, 4) is 0 Å². The van der Waals surface area contributed by atoms with Crippen molar-refractivity contribution in [2.75, 3.05) is 5.75 Å². The number of nitrogens with one attached hydrogen (secondary N) is 1. The van der Waals surface area contributed by atoms with Crippen molar-refractivity contribution in [3.05, 3.63) is 0 Å². The summed E-state index contributed by atoms with van der Waals surface area (Å²) in [6, 6.07) is 0.528. The standard InChI is InChI=1S/C11H22N2S/c1-11(6-3-7-14-11)10(13-12)8-9-4-2-5-9/h9-10,13H,2-8,12H2,1H3. The van der Waals surface area contributed by atoms with Gasteiger partial charge in [-0.15, -0.1) is 0 Å². The lowest BCUT2D eigenvalue weighted by Crippen LogP contribution is -2.50. The smallest absolute Gasteiger partial charge is 0.0357 e. The molecule has 3 N–H and O–H groups in total. The fraction of sp³-hybridized carbons (Fsp3) is 1.00. The Kier molecular flexibility index (Phi) is 3.40. The van der Waals surface area contributed by atoms with Crippen LogP contribution < -0.4 is 11.3 Å². The predicted octanol–water partition coefficient (Wildman–Crippen LogP) is 2.29. The van der Waals surface area contributed by atoms with E-state index in [1.54, 1.807) is 0 Å². The van der Waals surface area contributed by atoms with Crippen LogP contribution in [0.3, 0.4) is 0 Å². The number of hydrogen-bond acceptors (Lipinski definition) is 3. The van der Waals surface area contributed by atoms with Gasteiger partial charge in [-0.05, 0) is 37.9 Å². The third-order valence-corrected chi connectivity index (χ3v) is 5.62. The predicted molar refractivity (Wildman–Crippen MR) is 63.2 cm³/mol. The summed E-state index contributed by atoms with van der Waals surface area (Å²) in [6.45, 7) is 2.38. The first-order valence-corrected chi connectivity index (χ1v) is 6.83. The van der Waals surface area contributed by atoms with E-state index >= 15 is 0 Å². The first kappa shape index (κ1) is 10.8. The fourth-order valence-corrected chi connectivity index (χ4v) is 4.04. The van der Waals surface area contributed by atoms with Crippen molar-refractivity contribution < 1.29 is 0 Å². The van der Waals surface area contributed by atoms with E-state index in [1.807, 2.05) is 0 Å². The second kappa shape index (κ2) is 4.42. The highest BCUT2D eigenvalue weighted by atomic mass is 32.2. The first-order chi connectivity index (χ1) is 6.74. The molecule has 1 saturated carbocycles. The molecule has 0 bridgehead atoms. The molecule has 0 aromatic carbocycles. The summed E-state index contributed by atoms with van der Waals surface area (Å²) < 4.78 is 0.407. The van der Waals surface area contributed by atoms with Gasteiger partial charge < -0.3 is 0 Å². The van der Waals surface area contributed by atoms with E-state index < -0.39 is 0 Å². The molecule has 2 atom stereocenters. The molecular formula is C11H22N2S. The second-order valence-electron chi connectivity index (χ2n) is 5.02. The molecule has 0 radical (unpaired) electrons. The zero-order valence-corrected chi connectivity index (χ0v) is 9.91. The highest BCUT2D eigenvalue weighted by Crippen LogP contribution is 2.43. The minimum atomic E-state index is 0.407. The first-order valence-electron chi connectivity index (χ1n) is 5.85. The third-order valence-electron chi connectivity index (χ3n) is 3.98. The lowest BCUT2D eigenvalue weighted by Gasteiger charge is -2.37. The molecule has 82 valence electrons. The Morgan fingerprint density at radius 3 is 2.71 bits per heavy atom. The topological polar surface area (TPSA) is 38.0 Å². The molecule has 14 heavy (non-hydrogen) atoms. The number of hydrogen-bond donors (Lipinski definition) is 2. The van der Waals surface area contributed by atoms with Gasteiger partial charge >= 0.3 is 0 Å². The van der Waals surface area contributed by atoms with Crippen LogP contribution in [0.5, 0.6) is 0 Å². The second-order valence-corrected chi connectivity index (χ2v) is 6.65. The minimum Gasteiger partial charge on any atom is -0.271 e. The van der Waals surface area contributed by atoms with Gasteiger partial charge in [0.1, 0.15) is 0 Å². The van der Waals surface area contributed by atoms with Gasteiger partial charge in [-0.2, -0.15) is 11.8 Å². The van der Waals surface area contributed by atoms with E-state index in [2.05, 4.69) is 24.1 Å². The number of thioether (sulfide) groups is 1. The van der Waals surface area contributed by atoms with Crippen molar-refractivity contribution in [1.82, 2.24) is 5.43 Å². The summed E-state index contributed by atoms with van der Waals surface area (Å²) in [7, 11) is 0. The molecule has 0 amide bonds. The SMILES string of the molecule is CC1(C(CC2CCC2)NN)CCCS1. The number of nitrogens with two attached hydrogens (primary N) is 1. The molecule has 2 aliphatic rings. The molecule has 0 spiro atoms. The van der Waals surface area contributed by atoms with Gasteiger partial charge in [0.25, 0.3) is 0 Å². The van der Waals surface area contributed by atoms with E-state index in [1.165, 1.54) is 44.3 Å². The Bertz CT molecular complexity index is 186. The number of rotatable bonds is 4. The van der Waals surface area contributed by atoms with Crippen molar-refractivity contribution >= 4 is 11.8 Å². The molecule has 1 aliphatic carbocycles. The molecule has 2 nitrogen and oxygen atoms in total. The van der Waals surface area contributed by atoms with Gasteiger partial charge in [0.2, 0.25) is 0 Å². The fourth-order valence-electron chi connectivity index (χ4n) is 2.63. The summed E-state index contributed by atoms with van der Waals surface area (Å²) in [5, 5.41) is 0. The molecule has 1 heterocycles. The highest BCUT2D eigenvalue weighted by molar-refractivity contribution is 8.00. The van der Waals surface area contributed by atoms with Gasteiger partial charge in [-0.1, -0.05) is 19.3 Å². The van der Waals surface area contributed by atoms with Crippen LogP contribution in [0.4, 0.5) is 0 Å². The quantitative estimate of drug-likeness (QED) is 0.557. The molecule has 0 aromatic rings. The van der Waals surface area contributed by atoms with E-state index in [9.17, 15) is 0 Å². The van der Waals surface area contributed by atoms with Gasteiger partial charge in [0, 0.05) is 10.8 Å². The van der Waals surface area contributed by atoms with Crippen molar-refractivity contribution in [1.29, 1.82) is 0 Å². The van der Waals surface area contributed by atoms with Crippen LogP contribution in [-0.2, 0) is 0 Å². The summed E-state index contributed by atoms with van der Waals surface area (Å²) in [6.07, 6.45) is 8.28. The van der Waals surface area contributed by atoms with Crippen molar-refractivity contribution in [2.45, 2.75) is 56.2 Å². The van der Waals surface area contributed by atoms with Gasteiger partial charge in [0.15, 0.2) is 0 Å². The maximum Gasteiger partial charge on any atom is 0.0357 e. The lowest BCUT2D eigenvalue weighted by atomic mass is 9.78. The molecule has 2 fully saturated rings. The van der Waals surface area contributed by atoms with E-state index in [0.717, 1.165) is 5.92 Å². The molecule has 2 rings (SSSR count). The van der Waals surface area contributed by atoms with Gasteiger partial charge in [0.05, 0.1) is 0 Å². The van der Waals surface area contributed by atoms with Crippen LogP contribution in [0, 0.1) is 5.92 Å². The van der Waals surface area contributed by atoms with Gasteiger partial charge in [-0.3, -0.25) is 11.3 Å². The van der Waals surface area contributed by atoms with Crippen molar-refractivity contribution in [3.63, 3.8) is 0 Å². The van der Waals surface area contributed by atoms with Crippen LogP contribution in [0.2, 0.25) is 0 Å². The Morgan fingerprint density at radius 2 is 2.29 bits per heavy atom. The average molecular weight is 214 g/mol. The molecule has 1 saturated heterocycles. The zero-order valence-electron chi connectivity index (χ0n) is 9.09. The summed E-state index contributed by atoms with van der Waals surface area (Å²) in [4.78, 5) is 0. The van der Waals surface area contributed by atoms with Crippen LogP contribution in [0.1, 0.15) is 45.4 Å².